The molecule has 0 aromatic carbocycles. The van der Waals surface area contributed by atoms with E-state index >= 15 is 0 Å². The van der Waals surface area contributed by atoms with Crippen molar-refractivity contribution >= 4 is 17.3 Å². The zero-order valence-electron chi connectivity index (χ0n) is 10.2. The Morgan fingerprint density at radius 2 is 2.22 bits per heavy atom. The highest BCUT2D eigenvalue weighted by molar-refractivity contribution is 6.31. The maximum Gasteiger partial charge on any atom is 0.242 e. The molecule has 0 unspecified atom stereocenters. The van der Waals surface area contributed by atoms with Crippen LogP contribution in [0.4, 0.5) is 5.69 Å². The molecule has 0 aliphatic rings. The third kappa shape index (κ3) is 2.38. The molecule has 2 aromatic rings. The van der Waals surface area contributed by atoms with Gasteiger partial charge in [-0.2, -0.15) is 10.1 Å². The Morgan fingerprint density at radius 1 is 1.44 bits per heavy atom. The Labute approximate surface area is 110 Å². The molecule has 0 atom stereocenters. The molecule has 2 N–H and O–H groups in total. The van der Waals surface area contributed by atoms with Crippen LogP contribution in [0.15, 0.2) is 12.5 Å². The molecule has 18 heavy (non-hydrogen) atoms. The van der Waals surface area contributed by atoms with Gasteiger partial charge in [0.25, 0.3) is 0 Å². The van der Waals surface area contributed by atoms with Crippen molar-refractivity contribution in [2.75, 3.05) is 12.3 Å². The molecule has 0 saturated carbocycles. The topological polar surface area (TPSA) is 78.9 Å². The lowest BCUT2D eigenvalue weighted by atomic mass is 10.4. The fraction of sp³-hybridized carbons (Fsp3) is 0.364. The number of nitrogen functional groups attached to an aromatic ring is 1. The van der Waals surface area contributed by atoms with Crippen LogP contribution in [-0.2, 0) is 0 Å². The van der Waals surface area contributed by atoms with E-state index < -0.39 is 0 Å². The molecular formula is C11H14ClN5O. The van der Waals surface area contributed by atoms with E-state index in [2.05, 4.69) is 15.1 Å². The highest BCUT2D eigenvalue weighted by atomic mass is 35.5. The van der Waals surface area contributed by atoms with E-state index in [9.17, 15) is 0 Å². The summed E-state index contributed by atoms with van der Waals surface area (Å²) in [5.41, 5.74) is 7.03. The summed E-state index contributed by atoms with van der Waals surface area (Å²) in [7, 11) is 0. The number of rotatable bonds is 4. The molecule has 0 spiro atoms. The molecule has 2 rings (SSSR count). The molecule has 6 nitrogen and oxygen atoms in total. The van der Waals surface area contributed by atoms with Gasteiger partial charge in [-0.25, -0.2) is 9.67 Å². The number of aryl methyl sites for hydroxylation is 1. The second-order valence-corrected chi connectivity index (χ2v) is 4.18. The predicted molar refractivity (Wildman–Crippen MR) is 69.1 cm³/mol. The first kappa shape index (κ1) is 12.6. The van der Waals surface area contributed by atoms with E-state index in [0.29, 0.717) is 34.7 Å². The van der Waals surface area contributed by atoms with Crippen molar-refractivity contribution in [2.24, 2.45) is 0 Å². The van der Waals surface area contributed by atoms with Crippen molar-refractivity contribution in [2.45, 2.75) is 20.3 Å². The van der Waals surface area contributed by atoms with Crippen LogP contribution in [0.25, 0.3) is 5.82 Å². The van der Waals surface area contributed by atoms with Crippen molar-refractivity contribution in [3.05, 3.63) is 23.2 Å². The molecule has 0 radical (unpaired) electrons. The first-order valence-electron chi connectivity index (χ1n) is 5.59. The summed E-state index contributed by atoms with van der Waals surface area (Å²) in [6, 6.07) is 0. The van der Waals surface area contributed by atoms with Crippen molar-refractivity contribution < 1.29 is 4.74 Å². The standard InChI is InChI=1S/C11H14ClN5O/c1-3-4-18-11-9(13)10(14-6-15-11)17-5-8(12)7(2)16-17/h5-6H,3-4,13H2,1-2H3. The van der Waals surface area contributed by atoms with Gasteiger partial charge in [-0.1, -0.05) is 18.5 Å². The van der Waals surface area contributed by atoms with Gasteiger partial charge >= 0.3 is 0 Å². The van der Waals surface area contributed by atoms with E-state index in [4.69, 9.17) is 22.1 Å². The van der Waals surface area contributed by atoms with Gasteiger partial charge in [0.2, 0.25) is 5.88 Å². The van der Waals surface area contributed by atoms with E-state index in [1.807, 2.05) is 13.8 Å². The van der Waals surface area contributed by atoms with Crippen LogP contribution in [0.1, 0.15) is 19.0 Å². The number of ether oxygens (including phenoxy) is 1. The Bertz CT molecular complexity index is 535. The van der Waals surface area contributed by atoms with Crippen molar-refractivity contribution in [3.63, 3.8) is 0 Å². The maximum absolute atomic E-state index is 5.96. The fourth-order valence-electron chi connectivity index (χ4n) is 1.41. The molecule has 0 bridgehead atoms. The average molecular weight is 268 g/mol. The van der Waals surface area contributed by atoms with Crippen LogP contribution < -0.4 is 10.5 Å². The average Bonchev–Trinajstić information content (AvgIpc) is 2.68. The number of halogens is 1. The summed E-state index contributed by atoms with van der Waals surface area (Å²) >= 11 is 5.96. The first-order valence-corrected chi connectivity index (χ1v) is 5.96. The van der Waals surface area contributed by atoms with Crippen LogP contribution >= 0.6 is 11.6 Å². The summed E-state index contributed by atoms with van der Waals surface area (Å²) in [6.07, 6.45) is 3.92. The second-order valence-electron chi connectivity index (χ2n) is 3.77. The van der Waals surface area contributed by atoms with E-state index in [0.717, 1.165) is 6.42 Å². The number of nitrogens with zero attached hydrogens (tertiary/aromatic N) is 4. The molecule has 2 heterocycles. The second kappa shape index (κ2) is 5.22. The Hall–Kier alpha value is -1.82. The molecule has 0 fully saturated rings. The number of hydrogen-bond acceptors (Lipinski definition) is 5. The molecule has 0 saturated heterocycles. The maximum atomic E-state index is 5.96. The summed E-state index contributed by atoms with van der Waals surface area (Å²) in [4.78, 5) is 8.10. The van der Waals surface area contributed by atoms with Crippen LogP contribution in [0.2, 0.25) is 5.02 Å². The lowest BCUT2D eigenvalue weighted by molar-refractivity contribution is 0.306. The van der Waals surface area contributed by atoms with Gasteiger partial charge in [0.15, 0.2) is 5.82 Å². The summed E-state index contributed by atoms with van der Waals surface area (Å²) in [6.45, 7) is 4.37. The van der Waals surface area contributed by atoms with Crippen LogP contribution in [0, 0.1) is 6.92 Å². The van der Waals surface area contributed by atoms with E-state index in [-0.39, 0.29) is 0 Å². The quantitative estimate of drug-likeness (QED) is 0.916. The van der Waals surface area contributed by atoms with Crippen LogP contribution in [0.5, 0.6) is 5.88 Å². The van der Waals surface area contributed by atoms with Gasteiger partial charge in [-0.05, 0) is 13.3 Å². The third-order valence-corrected chi connectivity index (χ3v) is 2.70. The number of hydrogen-bond donors (Lipinski definition) is 1. The molecule has 0 aliphatic carbocycles. The van der Waals surface area contributed by atoms with Crippen molar-refractivity contribution in [1.82, 2.24) is 19.7 Å². The minimum atomic E-state index is 0.352. The zero-order valence-corrected chi connectivity index (χ0v) is 11.0. The first-order chi connectivity index (χ1) is 8.63. The SMILES string of the molecule is CCCOc1ncnc(-n2cc(Cl)c(C)n2)c1N. The molecule has 0 amide bonds. The zero-order chi connectivity index (χ0) is 13.1. The predicted octanol–water partition coefficient (Wildman–Crippen LogP) is 2.00. The molecule has 0 aliphatic heterocycles. The van der Waals surface area contributed by atoms with Gasteiger partial charge in [0.1, 0.15) is 12.0 Å². The number of anilines is 1. The highest BCUT2D eigenvalue weighted by Gasteiger charge is 2.13. The van der Waals surface area contributed by atoms with E-state index in [1.54, 1.807) is 6.20 Å². The largest absolute Gasteiger partial charge is 0.476 e. The summed E-state index contributed by atoms with van der Waals surface area (Å²) in [5.74, 6) is 0.831. The van der Waals surface area contributed by atoms with E-state index in [1.165, 1.54) is 11.0 Å². The molecule has 2 aromatic heterocycles. The smallest absolute Gasteiger partial charge is 0.242 e. The molecule has 96 valence electrons. The van der Waals surface area contributed by atoms with Crippen LogP contribution in [-0.4, -0.2) is 26.4 Å². The van der Waals surface area contributed by atoms with Gasteiger partial charge in [0.05, 0.1) is 23.5 Å². The van der Waals surface area contributed by atoms with Crippen molar-refractivity contribution in [3.8, 4) is 11.7 Å². The lowest BCUT2D eigenvalue weighted by Crippen LogP contribution is -2.08. The Balaban J connectivity index is 2.39. The third-order valence-electron chi connectivity index (χ3n) is 2.33. The van der Waals surface area contributed by atoms with Gasteiger partial charge in [-0.15, -0.1) is 0 Å². The van der Waals surface area contributed by atoms with Crippen molar-refractivity contribution in [1.29, 1.82) is 0 Å². The van der Waals surface area contributed by atoms with Gasteiger partial charge in [0, 0.05) is 0 Å². The fourth-order valence-corrected chi connectivity index (χ4v) is 1.54. The van der Waals surface area contributed by atoms with Gasteiger partial charge < -0.3 is 10.5 Å². The normalized spacial score (nSPS) is 10.6. The highest BCUT2D eigenvalue weighted by Crippen LogP contribution is 2.25. The molecule has 7 heteroatoms. The molecular weight excluding hydrogens is 254 g/mol. The summed E-state index contributed by atoms with van der Waals surface area (Å²) in [5, 5.41) is 4.78. The van der Waals surface area contributed by atoms with Gasteiger partial charge in [-0.3, -0.25) is 0 Å². The lowest BCUT2D eigenvalue weighted by Gasteiger charge is -2.09. The number of aromatic nitrogens is 4. The minimum Gasteiger partial charge on any atom is -0.476 e. The number of nitrogens with two attached hydrogens (primary N) is 1. The Morgan fingerprint density at radius 3 is 2.83 bits per heavy atom. The van der Waals surface area contributed by atoms with Crippen LogP contribution in [0.3, 0.4) is 0 Å². The monoisotopic (exact) mass is 267 g/mol. The summed E-state index contributed by atoms with van der Waals surface area (Å²) < 4.78 is 6.96. The minimum absolute atomic E-state index is 0.352. The Kier molecular flexibility index (Phi) is 3.66.